The van der Waals surface area contributed by atoms with Gasteiger partial charge in [0.25, 0.3) is 0 Å². The van der Waals surface area contributed by atoms with Crippen molar-refractivity contribution >= 4 is 16.6 Å². The summed E-state index contributed by atoms with van der Waals surface area (Å²) in [4.78, 5) is 13.8. The fourth-order valence-electron chi connectivity index (χ4n) is 2.40. The zero-order valence-corrected chi connectivity index (χ0v) is 13.8. The van der Waals surface area contributed by atoms with Crippen LogP contribution in [0.4, 0.5) is 19.0 Å². The summed E-state index contributed by atoms with van der Waals surface area (Å²) in [5, 5.41) is 10.9. The van der Waals surface area contributed by atoms with Gasteiger partial charge in [-0.05, 0) is 27.6 Å². The van der Waals surface area contributed by atoms with Gasteiger partial charge in [0.05, 0.1) is 25.0 Å². The number of nitrogens with zero attached hydrogens (tertiary/aromatic N) is 3. The van der Waals surface area contributed by atoms with Gasteiger partial charge in [-0.2, -0.15) is 0 Å². The van der Waals surface area contributed by atoms with E-state index in [-0.39, 0.29) is 35.6 Å². The van der Waals surface area contributed by atoms with E-state index in [1.165, 1.54) is 35.0 Å². The molecule has 0 saturated heterocycles. The third-order valence-corrected chi connectivity index (χ3v) is 4.91. The van der Waals surface area contributed by atoms with Crippen molar-refractivity contribution < 1.29 is 31.8 Å². The molecular weight excluding hydrogens is 379 g/mol. The van der Waals surface area contributed by atoms with Gasteiger partial charge in [0.15, 0.2) is 0 Å². The van der Waals surface area contributed by atoms with E-state index in [9.17, 15) is 27.5 Å². The number of fused-ring (bicyclic) bond motifs is 1. The summed E-state index contributed by atoms with van der Waals surface area (Å²) in [6.07, 6.45) is -4.02. The molecule has 0 aliphatic carbocycles. The highest BCUT2D eigenvalue weighted by molar-refractivity contribution is 7.84. The van der Waals surface area contributed by atoms with Gasteiger partial charge in [0.1, 0.15) is 22.7 Å². The number of imidazole rings is 1. The van der Waals surface area contributed by atoms with E-state index in [2.05, 4.69) is 9.72 Å². The zero-order valence-electron chi connectivity index (χ0n) is 13.0. The smallest absolute Gasteiger partial charge is 0.406 e. The van der Waals surface area contributed by atoms with Crippen molar-refractivity contribution in [1.82, 2.24) is 9.55 Å². The minimum absolute atomic E-state index is 0.0836. The molecule has 0 fully saturated rings. The average molecular weight is 391 g/mol. The van der Waals surface area contributed by atoms with Crippen molar-refractivity contribution in [2.75, 3.05) is 5.75 Å². The molecule has 0 spiro atoms. The normalized spacial score (nSPS) is 19.8. The molecule has 2 heterocycles. The van der Waals surface area contributed by atoms with Crippen molar-refractivity contribution in [3.63, 3.8) is 0 Å². The Hall–Kier alpha value is -2.47. The van der Waals surface area contributed by atoms with Gasteiger partial charge in [-0.3, -0.25) is 4.57 Å². The van der Waals surface area contributed by atoms with E-state index in [1.54, 1.807) is 0 Å². The molecule has 12 heteroatoms. The second-order valence-electron chi connectivity index (χ2n) is 5.43. The first kappa shape index (κ1) is 18.3. The summed E-state index contributed by atoms with van der Waals surface area (Å²) < 4.78 is 59.3. The van der Waals surface area contributed by atoms with Crippen LogP contribution in [0.15, 0.2) is 35.6 Å². The Balaban J connectivity index is 1.60. The van der Waals surface area contributed by atoms with Crippen molar-refractivity contribution in [2.45, 2.75) is 30.8 Å². The fourth-order valence-corrected chi connectivity index (χ4v) is 3.68. The van der Waals surface area contributed by atoms with Gasteiger partial charge in [-0.25, -0.2) is 4.21 Å². The molecule has 0 radical (unpaired) electrons. The predicted octanol–water partition coefficient (Wildman–Crippen LogP) is 2.40. The van der Waals surface area contributed by atoms with Crippen LogP contribution in [0.3, 0.4) is 0 Å². The molecule has 2 atom stereocenters. The van der Waals surface area contributed by atoms with Crippen molar-refractivity contribution in [1.29, 1.82) is 0 Å². The summed E-state index contributed by atoms with van der Waals surface area (Å²) in [6.45, 7) is 0.331. The lowest BCUT2D eigenvalue weighted by molar-refractivity contribution is -0.389. The molecule has 1 aromatic carbocycles. The number of halogens is 3. The van der Waals surface area contributed by atoms with Crippen molar-refractivity contribution in [2.24, 2.45) is 0 Å². The molecule has 0 saturated carbocycles. The van der Waals surface area contributed by atoms with Crippen molar-refractivity contribution in [3.8, 4) is 5.75 Å². The number of alkyl halides is 3. The SMILES string of the molecule is O=[N+]([O-])c1cn2c(n1)S(=O)CC(OCc1ccc(OC(F)(F)F)cc1)C2. The van der Waals surface area contributed by atoms with E-state index >= 15 is 0 Å². The quantitative estimate of drug-likeness (QED) is 0.574. The summed E-state index contributed by atoms with van der Waals surface area (Å²) >= 11 is 0. The second-order valence-corrected chi connectivity index (χ2v) is 6.82. The largest absolute Gasteiger partial charge is 0.573 e. The molecule has 26 heavy (non-hydrogen) atoms. The Morgan fingerprint density at radius 3 is 2.65 bits per heavy atom. The van der Waals surface area contributed by atoms with Crippen LogP contribution >= 0.6 is 0 Å². The van der Waals surface area contributed by atoms with Crippen LogP contribution in [0.2, 0.25) is 0 Å². The Morgan fingerprint density at radius 1 is 1.35 bits per heavy atom. The van der Waals surface area contributed by atoms with Crippen LogP contribution < -0.4 is 4.74 Å². The summed E-state index contributed by atoms with van der Waals surface area (Å²) in [6, 6.07) is 5.19. The molecular formula is C14H12F3N3O5S. The Labute approximate surface area is 147 Å². The van der Waals surface area contributed by atoms with E-state index in [0.717, 1.165) is 0 Å². The van der Waals surface area contributed by atoms with E-state index in [4.69, 9.17) is 4.74 Å². The number of rotatable bonds is 5. The number of hydrogen-bond donors (Lipinski definition) is 0. The maximum atomic E-state index is 12.1. The lowest BCUT2D eigenvalue weighted by atomic mass is 10.2. The molecule has 3 rings (SSSR count). The molecule has 0 amide bonds. The van der Waals surface area contributed by atoms with Crippen LogP contribution in [-0.4, -0.2) is 36.9 Å². The maximum absolute atomic E-state index is 12.1. The minimum Gasteiger partial charge on any atom is -0.406 e. The lowest BCUT2D eigenvalue weighted by Crippen LogP contribution is -2.32. The third kappa shape index (κ3) is 4.38. The monoisotopic (exact) mass is 391 g/mol. The highest BCUT2D eigenvalue weighted by atomic mass is 32.2. The Bertz CT molecular complexity index is 837. The van der Waals surface area contributed by atoms with E-state index in [0.29, 0.717) is 5.56 Å². The van der Waals surface area contributed by atoms with Gasteiger partial charge < -0.3 is 19.6 Å². The molecule has 2 unspecified atom stereocenters. The summed E-state index contributed by atoms with van der Waals surface area (Å²) in [7, 11) is -1.54. The maximum Gasteiger partial charge on any atom is 0.573 e. The number of nitro groups is 1. The lowest BCUT2D eigenvalue weighted by Gasteiger charge is -2.21. The molecule has 140 valence electrons. The minimum atomic E-state index is -4.75. The standard InChI is InChI=1S/C14H12F3N3O5S/c15-14(16,17)25-10-3-1-9(2-4-10)7-24-11-5-19-6-12(20(21)22)18-13(19)26(23)8-11/h1-4,6,11H,5,7-8H2. The molecule has 1 aliphatic rings. The van der Waals surface area contributed by atoms with Crippen LogP contribution in [0.25, 0.3) is 0 Å². The van der Waals surface area contributed by atoms with E-state index in [1.807, 2.05) is 0 Å². The third-order valence-electron chi connectivity index (χ3n) is 3.50. The fraction of sp³-hybridized carbons (Fsp3) is 0.357. The van der Waals surface area contributed by atoms with E-state index < -0.39 is 28.2 Å². The van der Waals surface area contributed by atoms with Gasteiger partial charge in [-0.1, -0.05) is 12.1 Å². The summed E-state index contributed by atoms with van der Waals surface area (Å²) in [5.74, 6) is -0.590. The van der Waals surface area contributed by atoms with Gasteiger partial charge in [-0.15, -0.1) is 13.2 Å². The molecule has 8 nitrogen and oxygen atoms in total. The molecule has 1 aliphatic heterocycles. The second kappa shape index (κ2) is 7.03. The topological polar surface area (TPSA) is 96.5 Å². The molecule has 0 N–H and O–H groups in total. The number of hydrogen-bond acceptors (Lipinski definition) is 6. The first-order valence-corrected chi connectivity index (χ1v) is 8.59. The van der Waals surface area contributed by atoms with Crippen LogP contribution in [-0.2, 0) is 28.7 Å². The highest BCUT2D eigenvalue weighted by Gasteiger charge is 2.33. The van der Waals surface area contributed by atoms with Crippen LogP contribution in [0.5, 0.6) is 5.75 Å². The average Bonchev–Trinajstić information content (AvgIpc) is 2.98. The Kier molecular flexibility index (Phi) is 4.96. The molecule has 1 aromatic heterocycles. The predicted molar refractivity (Wildman–Crippen MR) is 81.9 cm³/mol. The highest BCUT2D eigenvalue weighted by Crippen LogP contribution is 2.24. The number of aromatic nitrogens is 2. The summed E-state index contributed by atoms with van der Waals surface area (Å²) in [5.41, 5.74) is 0.604. The van der Waals surface area contributed by atoms with Gasteiger partial charge in [0.2, 0.25) is 0 Å². The number of benzene rings is 1. The first-order valence-electron chi connectivity index (χ1n) is 7.27. The number of ether oxygens (including phenoxy) is 2. The zero-order chi connectivity index (χ0) is 18.9. The van der Waals surface area contributed by atoms with Gasteiger partial charge in [0, 0.05) is 0 Å². The Morgan fingerprint density at radius 2 is 2.04 bits per heavy atom. The van der Waals surface area contributed by atoms with Crippen molar-refractivity contribution in [3.05, 3.63) is 46.1 Å². The van der Waals surface area contributed by atoms with Crippen LogP contribution in [0.1, 0.15) is 5.56 Å². The molecule has 0 bridgehead atoms. The van der Waals surface area contributed by atoms with Gasteiger partial charge >= 0.3 is 17.3 Å². The first-order chi connectivity index (χ1) is 12.2. The molecule has 2 aromatic rings. The van der Waals surface area contributed by atoms with Crippen LogP contribution in [0, 0.1) is 10.1 Å².